The van der Waals surface area contributed by atoms with Crippen LogP contribution in [0.2, 0.25) is 0 Å². The van der Waals surface area contributed by atoms with Crippen LogP contribution in [-0.2, 0) is 0 Å². The topological polar surface area (TPSA) is 49.8 Å². The minimum absolute atomic E-state index is 0.0223. The predicted octanol–water partition coefficient (Wildman–Crippen LogP) is 2.46. The number of carbonyl (C=O) groups is 1. The molecule has 0 radical (unpaired) electrons. The third-order valence-electron chi connectivity index (χ3n) is 4.57. The molecule has 1 aliphatic carbocycles. The number of nitrogens with zero attached hydrogens (tertiary/aromatic N) is 1. The summed E-state index contributed by atoms with van der Waals surface area (Å²) in [5, 5.41) is 10.3. The van der Waals surface area contributed by atoms with Crippen molar-refractivity contribution in [3.63, 3.8) is 0 Å². The first kappa shape index (κ1) is 16.8. The second-order valence-corrected chi connectivity index (χ2v) is 7.67. The molecule has 0 spiro atoms. The molecule has 1 heterocycles. The fourth-order valence-electron chi connectivity index (χ4n) is 3.12. The number of aliphatic hydroxyl groups is 1. The molecule has 0 bridgehead atoms. The summed E-state index contributed by atoms with van der Waals surface area (Å²) in [6.45, 7) is 3.54. The van der Waals surface area contributed by atoms with Crippen molar-refractivity contribution in [2.24, 2.45) is 5.92 Å². The maximum atomic E-state index is 11.4. The molecule has 126 valence electrons. The molecule has 1 aliphatic heterocycles. The second-order valence-electron chi connectivity index (χ2n) is 6.52. The Morgan fingerprint density at radius 3 is 3.04 bits per heavy atom. The van der Waals surface area contributed by atoms with E-state index in [1.807, 2.05) is 23.9 Å². The number of ketones is 1. The van der Waals surface area contributed by atoms with Crippen LogP contribution in [0.4, 0.5) is 0 Å². The minimum atomic E-state index is -0.500. The molecule has 0 aromatic heterocycles. The zero-order chi connectivity index (χ0) is 16.2. The normalized spacial score (nSPS) is 23.5. The number of benzene rings is 1. The van der Waals surface area contributed by atoms with E-state index in [1.54, 1.807) is 19.1 Å². The van der Waals surface area contributed by atoms with Gasteiger partial charge in [-0.15, -0.1) is 0 Å². The lowest BCUT2D eigenvalue weighted by Crippen LogP contribution is -2.48. The lowest BCUT2D eigenvalue weighted by atomic mass is 10.1. The first-order valence-electron chi connectivity index (χ1n) is 8.37. The van der Waals surface area contributed by atoms with Crippen LogP contribution in [0.1, 0.15) is 30.1 Å². The number of hydrogen-bond acceptors (Lipinski definition) is 5. The van der Waals surface area contributed by atoms with E-state index in [1.165, 1.54) is 18.6 Å². The summed E-state index contributed by atoms with van der Waals surface area (Å²) in [7, 11) is 0. The summed E-state index contributed by atoms with van der Waals surface area (Å²) < 4.78 is 5.68. The molecule has 3 rings (SSSR count). The zero-order valence-electron chi connectivity index (χ0n) is 13.6. The maximum Gasteiger partial charge on any atom is 0.159 e. The molecular formula is C18H25NO3S. The van der Waals surface area contributed by atoms with Crippen molar-refractivity contribution in [1.82, 2.24) is 4.90 Å². The molecule has 23 heavy (non-hydrogen) atoms. The number of β-amino-alcohol motifs (C(OH)–C–C–N with tert-alkyl or cyclic N) is 1. The Morgan fingerprint density at radius 1 is 1.48 bits per heavy atom. The summed E-state index contributed by atoms with van der Waals surface area (Å²) >= 11 is 2.03. The van der Waals surface area contributed by atoms with Gasteiger partial charge in [0.2, 0.25) is 0 Å². The molecule has 2 aliphatic rings. The summed E-state index contributed by atoms with van der Waals surface area (Å²) in [4.78, 5) is 13.8. The SMILES string of the molecule is CC(=O)c1cccc(OCC(O)CN2CCSCC2C2CC2)c1. The van der Waals surface area contributed by atoms with Gasteiger partial charge in [-0.05, 0) is 37.8 Å². The molecule has 1 saturated heterocycles. The Balaban J connectivity index is 1.49. The summed E-state index contributed by atoms with van der Waals surface area (Å²) in [6.07, 6.45) is 2.18. The fraction of sp³-hybridized carbons (Fsp3) is 0.611. The third-order valence-corrected chi connectivity index (χ3v) is 5.62. The number of thioether (sulfide) groups is 1. The quantitative estimate of drug-likeness (QED) is 0.776. The van der Waals surface area contributed by atoms with Crippen molar-refractivity contribution < 1.29 is 14.6 Å². The van der Waals surface area contributed by atoms with E-state index in [-0.39, 0.29) is 12.4 Å². The molecule has 5 heteroatoms. The van der Waals surface area contributed by atoms with Crippen LogP contribution in [0, 0.1) is 5.92 Å². The molecule has 1 aromatic rings. The van der Waals surface area contributed by atoms with Crippen molar-refractivity contribution in [2.75, 3.05) is 31.2 Å². The predicted molar refractivity (Wildman–Crippen MR) is 93.4 cm³/mol. The molecule has 2 atom stereocenters. The van der Waals surface area contributed by atoms with Gasteiger partial charge in [-0.3, -0.25) is 9.69 Å². The average molecular weight is 335 g/mol. The zero-order valence-corrected chi connectivity index (χ0v) is 14.4. The van der Waals surface area contributed by atoms with E-state index in [0.717, 1.165) is 18.2 Å². The highest BCUT2D eigenvalue weighted by Gasteiger charge is 2.37. The molecular weight excluding hydrogens is 310 g/mol. The summed E-state index contributed by atoms with van der Waals surface area (Å²) in [5.41, 5.74) is 0.638. The van der Waals surface area contributed by atoms with Gasteiger partial charge >= 0.3 is 0 Å². The van der Waals surface area contributed by atoms with Gasteiger partial charge in [0.05, 0.1) is 0 Å². The number of hydrogen-bond donors (Lipinski definition) is 1. The van der Waals surface area contributed by atoms with Gasteiger partial charge in [0.25, 0.3) is 0 Å². The molecule has 1 N–H and O–H groups in total. The van der Waals surface area contributed by atoms with Gasteiger partial charge in [0.1, 0.15) is 18.5 Å². The lowest BCUT2D eigenvalue weighted by Gasteiger charge is -2.36. The van der Waals surface area contributed by atoms with E-state index in [4.69, 9.17) is 4.74 Å². The van der Waals surface area contributed by atoms with Gasteiger partial charge < -0.3 is 9.84 Å². The van der Waals surface area contributed by atoms with Crippen molar-refractivity contribution in [2.45, 2.75) is 31.9 Å². The van der Waals surface area contributed by atoms with Gasteiger partial charge in [0.15, 0.2) is 5.78 Å². The first-order chi connectivity index (χ1) is 11.1. The van der Waals surface area contributed by atoms with Crippen LogP contribution in [0.3, 0.4) is 0 Å². The summed E-state index contributed by atoms with van der Waals surface area (Å²) in [5.74, 6) is 3.85. The monoisotopic (exact) mass is 335 g/mol. The maximum absolute atomic E-state index is 11.4. The van der Waals surface area contributed by atoms with E-state index < -0.39 is 6.10 Å². The average Bonchev–Trinajstić information content (AvgIpc) is 3.38. The van der Waals surface area contributed by atoms with Gasteiger partial charge in [-0.25, -0.2) is 0 Å². The lowest BCUT2D eigenvalue weighted by molar-refractivity contribution is 0.0531. The Labute approximate surface area is 142 Å². The molecule has 4 nitrogen and oxygen atoms in total. The largest absolute Gasteiger partial charge is 0.491 e. The Hall–Kier alpha value is -1.04. The van der Waals surface area contributed by atoms with Crippen molar-refractivity contribution >= 4 is 17.5 Å². The number of Topliss-reactive ketones (excluding diaryl/α,β-unsaturated/α-hetero) is 1. The molecule has 0 amide bonds. The molecule has 1 saturated carbocycles. The second kappa shape index (κ2) is 7.69. The van der Waals surface area contributed by atoms with Crippen LogP contribution in [0.15, 0.2) is 24.3 Å². The number of rotatable bonds is 7. The molecule has 2 fully saturated rings. The van der Waals surface area contributed by atoms with Crippen LogP contribution in [0.25, 0.3) is 0 Å². The minimum Gasteiger partial charge on any atom is -0.491 e. The van der Waals surface area contributed by atoms with E-state index in [0.29, 0.717) is 23.9 Å². The smallest absolute Gasteiger partial charge is 0.159 e. The van der Waals surface area contributed by atoms with E-state index in [9.17, 15) is 9.90 Å². The highest BCUT2D eigenvalue weighted by atomic mass is 32.2. The highest BCUT2D eigenvalue weighted by molar-refractivity contribution is 7.99. The van der Waals surface area contributed by atoms with Crippen LogP contribution < -0.4 is 4.74 Å². The van der Waals surface area contributed by atoms with Crippen LogP contribution >= 0.6 is 11.8 Å². The molecule has 1 aromatic carbocycles. The van der Waals surface area contributed by atoms with Crippen LogP contribution in [-0.4, -0.2) is 59.1 Å². The standard InChI is InChI=1S/C18H25NO3S/c1-13(20)15-3-2-4-17(9-15)22-11-16(21)10-19-7-8-23-12-18(19)14-5-6-14/h2-4,9,14,16,18,21H,5-8,10-12H2,1H3. The Kier molecular flexibility index (Phi) is 5.62. The van der Waals surface area contributed by atoms with Crippen molar-refractivity contribution in [1.29, 1.82) is 0 Å². The number of aliphatic hydroxyl groups excluding tert-OH is 1. The number of carbonyl (C=O) groups excluding carboxylic acids is 1. The van der Waals surface area contributed by atoms with Gasteiger partial charge in [-0.1, -0.05) is 12.1 Å². The van der Waals surface area contributed by atoms with E-state index >= 15 is 0 Å². The van der Waals surface area contributed by atoms with E-state index in [2.05, 4.69) is 4.90 Å². The third kappa shape index (κ3) is 4.72. The fourth-order valence-corrected chi connectivity index (χ4v) is 4.37. The number of ether oxygens (including phenoxy) is 1. The Morgan fingerprint density at radius 2 is 2.30 bits per heavy atom. The van der Waals surface area contributed by atoms with Gasteiger partial charge in [-0.2, -0.15) is 11.8 Å². The molecule has 2 unspecified atom stereocenters. The van der Waals surface area contributed by atoms with Crippen LogP contribution in [0.5, 0.6) is 5.75 Å². The Bertz CT molecular complexity index is 547. The van der Waals surface area contributed by atoms with Crippen molar-refractivity contribution in [3.05, 3.63) is 29.8 Å². The van der Waals surface area contributed by atoms with Crippen molar-refractivity contribution in [3.8, 4) is 5.75 Å². The van der Waals surface area contributed by atoms with Gasteiger partial charge in [0, 0.05) is 36.2 Å². The first-order valence-corrected chi connectivity index (χ1v) is 9.52. The summed E-state index contributed by atoms with van der Waals surface area (Å²) in [6, 6.07) is 7.77. The highest BCUT2D eigenvalue weighted by Crippen LogP contribution is 2.38.